The molecule has 118 valence electrons. The van der Waals surface area contributed by atoms with Crippen molar-refractivity contribution in [2.75, 3.05) is 13.1 Å². The minimum atomic E-state index is -2.77. The summed E-state index contributed by atoms with van der Waals surface area (Å²) in [5.41, 5.74) is 1.11. The average Bonchev–Trinajstić information content (AvgIpc) is 2.92. The number of ether oxygens (including phenoxy) is 1. The minimum absolute atomic E-state index is 0.210. The average molecular weight is 298 g/mol. The molecule has 0 amide bonds. The van der Waals surface area contributed by atoms with Crippen LogP contribution in [0.15, 0.2) is 24.3 Å². The summed E-state index contributed by atoms with van der Waals surface area (Å²) in [6.45, 7) is 4.55. The van der Waals surface area contributed by atoms with E-state index in [0.29, 0.717) is 12.1 Å². The molecule has 5 heteroatoms. The molecule has 1 fully saturated rings. The van der Waals surface area contributed by atoms with Crippen molar-refractivity contribution in [3.8, 4) is 5.75 Å². The van der Waals surface area contributed by atoms with Crippen LogP contribution in [0.2, 0.25) is 0 Å². The number of hydrogen-bond donors (Lipinski definition) is 1. The number of rotatable bonds is 7. The van der Waals surface area contributed by atoms with Crippen molar-refractivity contribution in [3.63, 3.8) is 0 Å². The Bertz CT molecular complexity index is 417. The van der Waals surface area contributed by atoms with Gasteiger partial charge in [0, 0.05) is 25.2 Å². The first-order valence-corrected chi connectivity index (χ1v) is 7.56. The molecule has 0 spiro atoms. The van der Waals surface area contributed by atoms with Crippen molar-refractivity contribution >= 4 is 0 Å². The summed E-state index contributed by atoms with van der Waals surface area (Å²) in [4.78, 5) is 2.41. The van der Waals surface area contributed by atoms with E-state index < -0.39 is 6.61 Å². The van der Waals surface area contributed by atoms with E-state index in [2.05, 4.69) is 28.8 Å². The number of alkyl halides is 2. The van der Waals surface area contributed by atoms with E-state index in [1.807, 2.05) is 12.1 Å². The third-order valence-electron chi connectivity index (χ3n) is 3.88. The van der Waals surface area contributed by atoms with Crippen molar-refractivity contribution in [1.82, 2.24) is 10.2 Å². The molecule has 0 aromatic heterocycles. The molecule has 0 saturated carbocycles. The van der Waals surface area contributed by atoms with Crippen LogP contribution in [0.1, 0.15) is 32.3 Å². The van der Waals surface area contributed by atoms with Crippen LogP contribution in [0, 0.1) is 0 Å². The molecule has 0 bridgehead atoms. The fourth-order valence-corrected chi connectivity index (χ4v) is 2.66. The fourth-order valence-electron chi connectivity index (χ4n) is 2.66. The molecule has 1 aromatic carbocycles. The Kier molecular flexibility index (Phi) is 5.94. The maximum Gasteiger partial charge on any atom is 0.387 e. The second-order valence-electron chi connectivity index (χ2n) is 5.84. The maximum absolute atomic E-state index is 12.1. The van der Waals surface area contributed by atoms with Crippen LogP contribution in [0.3, 0.4) is 0 Å². The van der Waals surface area contributed by atoms with Gasteiger partial charge in [-0.05, 0) is 50.9 Å². The van der Waals surface area contributed by atoms with E-state index in [9.17, 15) is 8.78 Å². The normalized spacial score (nSPS) is 18.9. The lowest BCUT2D eigenvalue weighted by molar-refractivity contribution is -0.0498. The molecular formula is C16H24F2N2O. The van der Waals surface area contributed by atoms with Gasteiger partial charge < -0.3 is 10.1 Å². The van der Waals surface area contributed by atoms with Crippen molar-refractivity contribution in [2.45, 2.75) is 51.9 Å². The highest BCUT2D eigenvalue weighted by atomic mass is 19.3. The van der Waals surface area contributed by atoms with Crippen LogP contribution in [-0.2, 0) is 6.54 Å². The first kappa shape index (κ1) is 16.2. The maximum atomic E-state index is 12.1. The molecule has 1 aliphatic rings. The van der Waals surface area contributed by atoms with Gasteiger partial charge in [0.15, 0.2) is 0 Å². The summed E-state index contributed by atoms with van der Waals surface area (Å²) >= 11 is 0. The molecule has 0 aliphatic carbocycles. The zero-order valence-corrected chi connectivity index (χ0v) is 12.7. The van der Waals surface area contributed by atoms with Crippen LogP contribution in [0.5, 0.6) is 5.75 Å². The van der Waals surface area contributed by atoms with Gasteiger partial charge in [0.1, 0.15) is 5.75 Å². The van der Waals surface area contributed by atoms with Gasteiger partial charge in [0.05, 0.1) is 0 Å². The van der Waals surface area contributed by atoms with Crippen LogP contribution >= 0.6 is 0 Å². The number of benzene rings is 1. The summed E-state index contributed by atoms with van der Waals surface area (Å²) in [6, 6.07) is 7.93. The Morgan fingerprint density at radius 1 is 1.29 bits per heavy atom. The number of nitrogens with zero attached hydrogens (tertiary/aromatic N) is 1. The summed E-state index contributed by atoms with van der Waals surface area (Å²) in [5, 5.41) is 3.51. The minimum Gasteiger partial charge on any atom is -0.435 e. The van der Waals surface area contributed by atoms with Gasteiger partial charge >= 0.3 is 6.61 Å². The second kappa shape index (κ2) is 7.71. The standard InChI is InChI=1S/C16H24F2N2O/c1-12(2)20(11-14-4-3-9-19-14)10-13-5-7-15(8-6-13)21-16(17)18/h5-8,12,14,16,19H,3-4,9-11H2,1-2H3. The Morgan fingerprint density at radius 2 is 2.00 bits per heavy atom. The zero-order chi connectivity index (χ0) is 15.2. The monoisotopic (exact) mass is 298 g/mol. The Hall–Kier alpha value is -1.20. The van der Waals surface area contributed by atoms with Crippen LogP contribution in [0.4, 0.5) is 8.78 Å². The molecule has 1 saturated heterocycles. The third-order valence-corrected chi connectivity index (χ3v) is 3.88. The highest BCUT2D eigenvalue weighted by Crippen LogP contribution is 2.18. The highest BCUT2D eigenvalue weighted by molar-refractivity contribution is 5.27. The lowest BCUT2D eigenvalue weighted by atomic mass is 10.1. The predicted octanol–water partition coefficient (Wildman–Crippen LogP) is 3.25. The topological polar surface area (TPSA) is 24.5 Å². The quantitative estimate of drug-likeness (QED) is 0.836. The molecule has 3 nitrogen and oxygen atoms in total. The van der Waals surface area contributed by atoms with E-state index in [4.69, 9.17) is 0 Å². The molecule has 1 aromatic rings. The van der Waals surface area contributed by atoms with E-state index in [1.165, 1.54) is 12.8 Å². The SMILES string of the molecule is CC(C)N(Cc1ccc(OC(F)F)cc1)CC1CCCN1. The molecule has 0 radical (unpaired) electrons. The molecule has 1 unspecified atom stereocenters. The van der Waals surface area contributed by atoms with Gasteiger partial charge in [0.25, 0.3) is 0 Å². The molecule has 1 N–H and O–H groups in total. The molecule has 1 heterocycles. The molecule has 2 rings (SSSR count). The van der Waals surface area contributed by atoms with E-state index in [1.54, 1.807) is 12.1 Å². The highest BCUT2D eigenvalue weighted by Gasteiger charge is 2.19. The van der Waals surface area contributed by atoms with Crippen molar-refractivity contribution in [2.24, 2.45) is 0 Å². The van der Waals surface area contributed by atoms with Gasteiger partial charge in [-0.1, -0.05) is 12.1 Å². The van der Waals surface area contributed by atoms with Crippen molar-refractivity contribution < 1.29 is 13.5 Å². The zero-order valence-electron chi connectivity index (χ0n) is 12.7. The molecule has 1 aliphatic heterocycles. The summed E-state index contributed by atoms with van der Waals surface area (Å²) in [7, 11) is 0. The Balaban J connectivity index is 1.92. The number of hydrogen-bond acceptors (Lipinski definition) is 3. The van der Waals surface area contributed by atoms with E-state index >= 15 is 0 Å². The van der Waals surface area contributed by atoms with Crippen LogP contribution in [0.25, 0.3) is 0 Å². The third kappa shape index (κ3) is 5.25. The molecule has 1 atom stereocenters. The molecule has 21 heavy (non-hydrogen) atoms. The lowest BCUT2D eigenvalue weighted by Crippen LogP contribution is -2.40. The van der Waals surface area contributed by atoms with Crippen molar-refractivity contribution in [3.05, 3.63) is 29.8 Å². The van der Waals surface area contributed by atoms with E-state index in [0.717, 1.165) is 25.2 Å². The lowest BCUT2D eigenvalue weighted by Gasteiger charge is -2.29. The van der Waals surface area contributed by atoms with Crippen LogP contribution < -0.4 is 10.1 Å². The summed E-state index contributed by atoms with van der Waals surface area (Å²) < 4.78 is 28.6. The predicted molar refractivity (Wildman–Crippen MR) is 79.6 cm³/mol. The van der Waals surface area contributed by atoms with Crippen LogP contribution in [-0.4, -0.2) is 36.7 Å². The summed E-state index contributed by atoms with van der Waals surface area (Å²) in [5.74, 6) is 0.210. The second-order valence-corrected chi connectivity index (χ2v) is 5.84. The number of halogens is 2. The van der Waals surface area contributed by atoms with Gasteiger partial charge in [-0.25, -0.2) is 0 Å². The Morgan fingerprint density at radius 3 is 2.52 bits per heavy atom. The van der Waals surface area contributed by atoms with Gasteiger partial charge in [-0.2, -0.15) is 8.78 Å². The van der Waals surface area contributed by atoms with Gasteiger partial charge in [0.2, 0.25) is 0 Å². The first-order valence-electron chi connectivity index (χ1n) is 7.56. The molecular weight excluding hydrogens is 274 g/mol. The van der Waals surface area contributed by atoms with Gasteiger partial charge in [-0.3, -0.25) is 4.90 Å². The van der Waals surface area contributed by atoms with Crippen molar-refractivity contribution in [1.29, 1.82) is 0 Å². The summed E-state index contributed by atoms with van der Waals surface area (Å²) in [6.07, 6.45) is 2.47. The fraction of sp³-hybridized carbons (Fsp3) is 0.625. The van der Waals surface area contributed by atoms with E-state index in [-0.39, 0.29) is 5.75 Å². The smallest absolute Gasteiger partial charge is 0.387 e. The Labute approximate surface area is 125 Å². The number of nitrogens with one attached hydrogen (secondary N) is 1. The first-order chi connectivity index (χ1) is 10.0. The largest absolute Gasteiger partial charge is 0.435 e. The van der Waals surface area contributed by atoms with Gasteiger partial charge in [-0.15, -0.1) is 0 Å².